The summed E-state index contributed by atoms with van der Waals surface area (Å²) in [5.74, 6) is -2.07. The second-order valence-electron chi connectivity index (χ2n) is 11.8. The number of nitrogens with two attached hydrogens (primary N) is 1. The van der Waals surface area contributed by atoms with E-state index in [9.17, 15) is 29.3 Å². The second-order valence-corrected chi connectivity index (χ2v) is 12.7. The van der Waals surface area contributed by atoms with Crippen molar-refractivity contribution < 1.29 is 28.9 Å². The number of halogens is 2. The summed E-state index contributed by atoms with van der Waals surface area (Å²) in [6, 6.07) is 20.6. The number of hydrogen-bond donors (Lipinski definition) is 3. The van der Waals surface area contributed by atoms with E-state index in [4.69, 9.17) is 38.4 Å². The molecular formula is C35H33Cl2N7O8. The largest absolute Gasteiger partial charge is 0.462 e. The number of Topliss-reactive ketones (excluding diaryl/α,β-unsaturated/α-hetero) is 1. The maximum atomic E-state index is 13.8. The molecule has 0 aliphatic heterocycles. The number of alkyl carbamates (subject to hydrolysis) is 1. The molecule has 1 amide bonds. The fraction of sp³-hybridized carbons (Fsp3) is 0.257. The quantitative estimate of drug-likeness (QED) is 0.0416. The minimum atomic E-state index is -1.48. The van der Waals surface area contributed by atoms with E-state index in [1.165, 1.54) is 6.92 Å². The SMILES string of the molecule is CC(=O)c1c(-c2ccc(Cl)cc2)c(-c2ccc(Cl)cc2)nn(CCOC(=O)C(NC(=O)OCc2ccccc2)C2(N=C(N)N[N+](=O)[O-])CCC2)c1=O. The first kappa shape index (κ1) is 37.5. The second kappa shape index (κ2) is 16.5. The molecule has 0 radical (unpaired) electrons. The van der Waals surface area contributed by atoms with Crippen molar-refractivity contribution in [1.82, 2.24) is 20.5 Å². The predicted molar refractivity (Wildman–Crippen MR) is 192 cm³/mol. The number of hydrazine groups is 1. The van der Waals surface area contributed by atoms with Gasteiger partial charge in [-0.15, -0.1) is 0 Å². The van der Waals surface area contributed by atoms with Crippen LogP contribution in [0.15, 0.2) is 88.6 Å². The highest BCUT2D eigenvalue weighted by Crippen LogP contribution is 2.40. The zero-order valence-corrected chi connectivity index (χ0v) is 29.2. The average Bonchev–Trinajstić information content (AvgIpc) is 3.09. The fourth-order valence-electron chi connectivity index (χ4n) is 5.73. The smallest absolute Gasteiger partial charge is 0.408 e. The first-order valence-electron chi connectivity index (χ1n) is 15.9. The van der Waals surface area contributed by atoms with Gasteiger partial charge < -0.3 is 20.5 Å². The minimum Gasteiger partial charge on any atom is -0.462 e. The topological polar surface area (TPSA) is 210 Å². The average molecular weight is 751 g/mol. The van der Waals surface area contributed by atoms with Gasteiger partial charge in [0.05, 0.1) is 23.3 Å². The number of guanidine groups is 1. The summed E-state index contributed by atoms with van der Waals surface area (Å²) < 4.78 is 11.9. The van der Waals surface area contributed by atoms with Gasteiger partial charge in [-0.2, -0.15) is 5.10 Å². The van der Waals surface area contributed by atoms with Gasteiger partial charge >= 0.3 is 12.1 Å². The van der Waals surface area contributed by atoms with Gasteiger partial charge in [0.25, 0.3) is 11.5 Å². The molecule has 5 rings (SSSR count). The third-order valence-corrected chi connectivity index (χ3v) is 8.83. The number of hydrogen-bond acceptors (Lipinski definition) is 10. The molecule has 1 saturated carbocycles. The van der Waals surface area contributed by atoms with Crippen LogP contribution >= 0.6 is 23.2 Å². The molecule has 1 atom stereocenters. The molecule has 1 unspecified atom stereocenters. The van der Waals surface area contributed by atoms with Gasteiger partial charge in [-0.25, -0.2) is 29.4 Å². The summed E-state index contributed by atoms with van der Waals surface area (Å²) in [5.41, 5.74) is 7.56. The van der Waals surface area contributed by atoms with Crippen LogP contribution < -0.4 is 22.0 Å². The number of esters is 1. The van der Waals surface area contributed by atoms with Crippen molar-refractivity contribution in [3.8, 4) is 22.4 Å². The fourth-order valence-corrected chi connectivity index (χ4v) is 5.98. The number of carbonyl (C=O) groups is 3. The van der Waals surface area contributed by atoms with E-state index in [1.807, 2.05) is 0 Å². The lowest BCUT2D eigenvalue weighted by Crippen LogP contribution is -2.61. The third-order valence-electron chi connectivity index (χ3n) is 8.32. The monoisotopic (exact) mass is 749 g/mol. The normalized spacial score (nSPS) is 14.0. The summed E-state index contributed by atoms with van der Waals surface area (Å²) in [7, 11) is 0. The molecule has 0 saturated heterocycles. The molecule has 4 N–H and O–H groups in total. The molecule has 4 aromatic rings. The molecule has 15 nitrogen and oxygen atoms in total. The zero-order chi connectivity index (χ0) is 37.4. The molecular weight excluding hydrogens is 717 g/mol. The lowest BCUT2D eigenvalue weighted by Gasteiger charge is -2.42. The van der Waals surface area contributed by atoms with Crippen molar-refractivity contribution in [2.24, 2.45) is 10.7 Å². The van der Waals surface area contributed by atoms with Gasteiger partial charge in [-0.05, 0) is 61.6 Å². The van der Waals surface area contributed by atoms with E-state index in [0.717, 1.165) is 4.68 Å². The number of rotatable bonds is 13. The number of nitrogens with one attached hydrogen (secondary N) is 2. The molecule has 17 heteroatoms. The van der Waals surface area contributed by atoms with Crippen LogP contribution in [0.3, 0.4) is 0 Å². The Bertz CT molecular complexity index is 2050. The molecule has 0 bridgehead atoms. The summed E-state index contributed by atoms with van der Waals surface area (Å²) in [6.45, 7) is 0.435. The van der Waals surface area contributed by atoms with E-state index in [2.05, 4.69) is 15.4 Å². The highest BCUT2D eigenvalue weighted by molar-refractivity contribution is 6.31. The number of carbonyl (C=O) groups excluding carboxylic acids is 3. The number of nitrogens with zero attached hydrogens (tertiary/aromatic N) is 4. The predicted octanol–water partition coefficient (Wildman–Crippen LogP) is 4.94. The zero-order valence-electron chi connectivity index (χ0n) is 27.7. The number of ketones is 1. The van der Waals surface area contributed by atoms with Crippen LogP contribution in [0.5, 0.6) is 0 Å². The standard InChI is InChI=1S/C35H33Cl2N7O8/c1-21(45)27-28(23-8-12-25(36)13-9-23)29(24-10-14-26(37)15-11-24)41-43(31(27)46)18-19-51-32(47)30(35(16-5-17-35)40-33(38)42-44(49)50)39-34(48)52-20-22-6-3-2-4-7-22/h2-4,6-15,30H,5,16-20H2,1H3,(H,39,48)(H3,38,40,42). The minimum absolute atomic E-state index is 0.106. The summed E-state index contributed by atoms with van der Waals surface area (Å²) in [6.07, 6.45) is 0.0551. The van der Waals surface area contributed by atoms with Crippen LogP contribution in [-0.2, 0) is 27.4 Å². The van der Waals surface area contributed by atoms with E-state index in [-0.39, 0.29) is 42.8 Å². The first-order valence-corrected chi connectivity index (χ1v) is 16.7. The Morgan fingerprint density at radius 1 is 1.00 bits per heavy atom. The Morgan fingerprint density at radius 3 is 2.17 bits per heavy atom. The molecule has 1 fully saturated rings. The van der Waals surface area contributed by atoms with Crippen LogP contribution in [-0.4, -0.2) is 56.8 Å². The van der Waals surface area contributed by atoms with Crippen molar-refractivity contribution in [2.75, 3.05) is 6.61 Å². The maximum Gasteiger partial charge on any atom is 0.408 e. The van der Waals surface area contributed by atoms with Gasteiger partial charge in [-0.1, -0.05) is 83.2 Å². The Kier molecular flexibility index (Phi) is 11.9. The van der Waals surface area contributed by atoms with Gasteiger partial charge in [-0.3, -0.25) is 9.59 Å². The van der Waals surface area contributed by atoms with Gasteiger partial charge in [0.1, 0.15) is 13.2 Å². The van der Waals surface area contributed by atoms with E-state index in [0.29, 0.717) is 33.2 Å². The van der Waals surface area contributed by atoms with E-state index >= 15 is 0 Å². The Morgan fingerprint density at radius 2 is 1.62 bits per heavy atom. The van der Waals surface area contributed by atoms with Crippen molar-refractivity contribution in [3.05, 3.63) is 121 Å². The van der Waals surface area contributed by atoms with Crippen LogP contribution in [0.2, 0.25) is 10.0 Å². The highest BCUT2D eigenvalue weighted by Gasteiger charge is 2.50. The summed E-state index contributed by atoms with van der Waals surface area (Å²) in [4.78, 5) is 68.7. The number of aromatic nitrogens is 2. The molecule has 1 aliphatic rings. The van der Waals surface area contributed by atoms with Crippen LogP contribution in [0, 0.1) is 10.1 Å². The Labute approximate surface area is 306 Å². The molecule has 1 aliphatic carbocycles. The molecule has 1 aromatic heterocycles. The number of ether oxygens (including phenoxy) is 2. The Hall–Kier alpha value is -5.80. The van der Waals surface area contributed by atoms with Gasteiger partial charge in [0, 0.05) is 21.2 Å². The summed E-state index contributed by atoms with van der Waals surface area (Å²) >= 11 is 12.2. The molecule has 0 spiro atoms. The highest BCUT2D eigenvalue weighted by atomic mass is 35.5. The van der Waals surface area contributed by atoms with Crippen molar-refractivity contribution in [1.29, 1.82) is 0 Å². The van der Waals surface area contributed by atoms with Crippen molar-refractivity contribution >= 4 is 47.0 Å². The lowest BCUT2D eigenvalue weighted by molar-refractivity contribution is -0.525. The number of nitro groups is 1. The Balaban J connectivity index is 1.44. The van der Waals surface area contributed by atoms with Crippen LogP contribution in [0.25, 0.3) is 22.4 Å². The van der Waals surface area contributed by atoms with E-state index in [1.54, 1.807) is 84.3 Å². The summed E-state index contributed by atoms with van der Waals surface area (Å²) in [5, 5.41) is 18.1. The maximum absolute atomic E-state index is 13.8. The van der Waals surface area contributed by atoms with Gasteiger partial charge in [0.2, 0.25) is 0 Å². The number of aliphatic imine (C=N–C) groups is 1. The first-order chi connectivity index (χ1) is 24.9. The van der Waals surface area contributed by atoms with Gasteiger partial charge in [0.15, 0.2) is 16.9 Å². The number of benzene rings is 3. The third kappa shape index (κ3) is 8.91. The lowest BCUT2D eigenvalue weighted by atomic mass is 9.71. The molecule has 3 aromatic carbocycles. The van der Waals surface area contributed by atoms with E-state index < -0.39 is 52.6 Å². The molecule has 270 valence electrons. The van der Waals surface area contributed by atoms with Crippen molar-refractivity contribution in [2.45, 2.75) is 50.9 Å². The van der Waals surface area contributed by atoms with Crippen molar-refractivity contribution in [3.63, 3.8) is 0 Å². The van der Waals surface area contributed by atoms with Crippen LogP contribution in [0.4, 0.5) is 4.79 Å². The van der Waals surface area contributed by atoms with Crippen LogP contribution in [0.1, 0.15) is 42.1 Å². The number of amides is 1. The molecule has 1 heterocycles. The molecule has 52 heavy (non-hydrogen) atoms.